The zero-order chi connectivity index (χ0) is 14.4. The molecule has 2 rings (SSSR count). The summed E-state index contributed by atoms with van der Waals surface area (Å²) in [6, 6.07) is 13.5. The monoisotopic (exact) mass is 269 g/mol. The van der Waals surface area contributed by atoms with E-state index in [-0.39, 0.29) is 6.54 Å². The van der Waals surface area contributed by atoms with Crippen molar-refractivity contribution in [1.29, 1.82) is 0 Å². The number of nitrogens with zero attached hydrogens (tertiary/aromatic N) is 3. The van der Waals surface area contributed by atoms with Crippen LogP contribution in [0.1, 0.15) is 5.56 Å². The summed E-state index contributed by atoms with van der Waals surface area (Å²) in [6.07, 6.45) is 0. The summed E-state index contributed by atoms with van der Waals surface area (Å²) < 4.78 is 10.4. The van der Waals surface area contributed by atoms with E-state index in [1.165, 1.54) is 0 Å². The minimum absolute atomic E-state index is 0.287. The highest BCUT2D eigenvalue weighted by Gasteiger charge is 2.06. The molecule has 0 unspecified atom stereocenters. The van der Waals surface area contributed by atoms with Crippen molar-refractivity contribution in [1.82, 2.24) is 0 Å². The van der Waals surface area contributed by atoms with Crippen molar-refractivity contribution >= 4 is 0 Å². The Kier molecular flexibility index (Phi) is 4.47. The Morgan fingerprint density at radius 3 is 2.25 bits per heavy atom. The Hall–Kier alpha value is -2.65. The van der Waals surface area contributed by atoms with Crippen molar-refractivity contribution in [2.45, 2.75) is 6.54 Å². The normalized spacial score (nSPS) is 9.70. The number of azide groups is 1. The van der Waals surface area contributed by atoms with E-state index >= 15 is 0 Å². The van der Waals surface area contributed by atoms with Gasteiger partial charge < -0.3 is 9.47 Å². The van der Waals surface area contributed by atoms with Crippen LogP contribution in [-0.4, -0.2) is 14.2 Å². The minimum atomic E-state index is 0.287. The maximum Gasteiger partial charge on any atom is 0.119 e. The van der Waals surface area contributed by atoms with Gasteiger partial charge in [-0.2, -0.15) is 0 Å². The second kappa shape index (κ2) is 6.50. The molecule has 0 saturated carbocycles. The molecule has 0 bridgehead atoms. The predicted octanol–water partition coefficient (Wildman–Crippen LogP) is 4.18. The van der Waals surface area contributed by atoms with Gasteiger partial charge in [0.2, 0.25) is 0 Å². The zero-order valence-electron chi connectivity index (χ0n) is 11.4. The maximum absolute atomic E-state index is 8.49. The van der Waals surface area contributed by atoms with Crippen molar-refractivity contribution in [3.63, 3.8) is 0 Å². The highest BCUT2D eigenvalue weighted by molar-refractivity contribution is 5.69. The Balaban J connectivity index is 2.44. The van der Waals surface area contributed by atoms with E-state index < -0.39 is 0 Å². The van der Waals surface area contributed by atoms with E-state index in [1.54, 1.807) is 14.2 Å². The molecule has 0 N–H and O–H groups in total. The molecule has 0 fully saturated rings. The summed E-state index contributed by atoms with van der Waals surface area (Å²) in [7, 11) is 3.25. The summed E-state index contributed by atoms with van der Waals surface area (Å²) >= 11 is 0. The van der Waals surface area contributed by atoms with Crippen LogP contribution in [0.2, 0.25) is 0 Å². The first-order chi connectivity index (χ1) is 9.78. The van der Waals surface area contributed by atoms with Crippen molar-refractivity contribution in [2.24, 2.45) is 5.11 Å². The summed E-state index contributed by atoms with van der Waals surface area (Å²) in [5, 5.41) is 3.64. The summed E-state index contributed by atoms with van der Waals surface area (Å²) in [6.45, 7) is 0.287. The van der Waals surface area contributed by atoms with E-state index in [9.17, 15) is 0 Å². The van der Waals surface area contributed by atoms with Crippen LogP contribution in [0.5, 0.6) is 11.5 Å². The van der Waals surface area contributed by atoms with Gasteiger partial charge in [-0.05, 0) is 46.5 Å². The van der Waals surface area contributed by atoms with Gasteiger partial charge in [0.1, 0.15) is 11.5 Å². The first-order valence-electron chi connectivity index (χ1n) is 6.10. The van der Waals surface area contributed by atoms with Crippen LogP contribution in [0.3, 0.4) is 0 Å². The number of ether oxygens (including phenoxy) is 2. The van der Waals surface area contributed by atoms with Gasteiger partial charge in [0, 0.05) is 4.91 Å². The molecule has 0 aliphatic carbocycles. The lowest BCUT2D eigenvalue weighted by Crippen LogP contribution is -1.91. The van der Waals surface area contributed by atoms with E-state index in [1.807, 2.05) is 42.5 Å². The third kappa shape index (κ3) is 3.02. The van der Waals surface area contributed by atoms with Gasteiger partial charge in [-0.3, -0.25) is 0 Å². The van der Waals surface area contributed by atoms with Gasteiger partial charge in [-0.1, -0.05) is 23.3 Å². The third-order valence-corrected chi connectivity index (χ3v) is 3.02. The predicted molar refractivity (Wildman–Crippen MR) is 77.8 cm³/mol. The molecule has 0 atom stereocenters. The van der Waals surface area contributed by atoms with E-state index in [4.69, 9.17) is 15.0 Å². The van der Waals surface area contributed by atoms with Gasteiger partial charge in [-0.25, -0.2) is 0 Å². The van der Waals surface area contributed by atoms with Crippen LogP contribution in [0.4, 0.5) is 0 Å². The lowest BCUT2D eigenvalue weighted by atomic mass is 9.99. The van der Waals surface area contributed by atoms with Crippen LogP contribution in [0.15, 0.2) is 47.6 Å². The molecular formula is C15H15N3O2. The van der Waals surface area contributed by atoms with Gasteiger partial charge in [0.05, 0.1) is 20.8 Å². The van der Waals surface area contributed by atoms with E-state index in [0.29, 0.717) is 0 Å². The molecule has 0 radical (unpaired) electrons. The highest BCUT2D eigenvalue weighted by Crippen LogP contribution is 2.29. The molecule has 0 heterocycles. The minimum Gasteiger partial charge on any atom is -0.497 e. The van der Waals surface area contributed by atoms with Crippen LogP contribution in [0.25, 0.3) is 21.6 Å². The SMILES string of the molecule is COc1ccc(-c2ccc(OC)cc2CN=[N+]=[N-])cc1. The van der Waals surface area contributed by atoms with E-state index in [0.717, 1.165) is 28.2 Å². The Morgan fingerprint density at radius 2 is 1.65 bits per heavy atom. The smallest absolute Gasteiger partial charge is 0.119 e. The number of methoxy groups -OCH3 is 2. The molecule has 5 nitrogen and oxygen atoms in total. The molecule has 102 valence electrons. The second-order valence-electron chi connectivity index (χ2n) is 4.14. The van der Waals surface area contributed by atoms with Crippen LogP contribution in [-0.2, 0) is 6.54 Å². The number of rotatable bonds is 5. The fourth-order valence-electron chi connectivity index (χ4n) is 1.99. The van der Waals surface area contributed by atoms with Gasteiger partial charge in [0.15, 0.2) is 0 Å². The first-order valence-corrected chi connectivity index (χ1v) is 6.10. The lowest BCUT2D eigenvalue weighted by Gasteiger charge is -2.10. The molecule has 5 heteroatoms. The largest absolute Gasteiger partial charge is 0.497 e. The lowest BCUT2D eigenvalue weighted by molar-refractivity contribution is 0.414. The number of hydrogen-bond acceptors (Lipinski definition) is 3. The fourth-order valence-corrected chi connectivity index (χ4v) is 1.99. The number of benzene rings is 2. The third-order valence-electron chi connectivity index (χ3n) is 3.02. The molecular weight excluding hydrogens is 254 g/mol. The molecule has 0 aliphatic heterocycles. The molecule has 0 spiro atoms. The molecule has 0 aromatic heterocycles. The van der Waals surface area contributed by atoms with Crippen LogP contribution < -0.4 is 9.47 Å². The first kappa shape index (κ1) is 13.8. The van der Waals surface area contributed by atoms with E-state index in [2.05, 4.69) is 10.0 Å². The standard InChI is InChI=1S/C15H15N3O2/c1-19-13-5-3-11(4-6-13)15-8-7-14(20-2)9-12(15)10-17-18-16/h3-9H,10H2,1-2H3. The topological polar surface area (TPSA) is 67.2 Å². The highest BCUT2D eigenvalue weighted by atomic mass is 16.5. The molecule has 0 aliphatic rings. The van der Waals surface area contributed by atoms with Crippen molar-refractivity contribution in [3.05, 3.63) is 58.5 Å². The molecule has 20 heavy (non-hydrogen) atoms. The summed E-state index contributed by atoms with van der Waals surface area (Å²) in [5.41, 5.74) is 11.5. The Morgan fingerprint density at radius 1 is 1.00 bits per heavy atom. The van der Waals surface area contributed by atoms with Gasteiger partial charge in [-0.15, -0.1) is 0 Å². The molecule has 2 aromatic carbocycles. The van der Waals surface area contributed by atoms with Crippen LogP contribution in [0, 0.1) is 0 Å². The van der Waals surface area contributed by atoms with Crippen molar-refractivity contribution in [2.75, 3.05) is 14.2 Å². The maximum atomic E-state index is 8.49. The Labute approximate surface area is 117 Å². The second-order valence-corrected chi connectivity index (χ2v) is 4.14. The molecule has 0 saturated heterocycles. The quantitative estimate of drug-likeness (QED) is 0.464. The summed E-state index contributed by atoms with van der Waals surface area (Å²) in [5.74, 6) is 1.55. The summed E-state index contributed by atoms with van der Waals surface area (Å²) in [4.78, 5) is 2.81. The molecule has 0 amide bonds. The van der Waals surface area contributed by atoms with Crippen molar-refractivity contribution < 1.29 is 9.47 Å². The Bertz CT molecular complexity index is 632. The average molecular weight is 269 g/mol. The zero-order valence-corrected chi connectivity index (χ0v) is 11.4. The number of hydrogen-bond donors (Lipinski definition) is 0. The average Bonchev–Trinajstić information content (AvgIpc) is 2.52. The van der Waals surface area contributed by atoms with Crippen LogP contribution >= 0.6 is 0 Å². The van der Waals surface area contributed by atoms with Gasteiger partial charge >= 0.3 is 0 Å². The molecule has 2 aromatic rings. The van der Waals surface area contributed by atoms with Gasteiger partial charge in [0.25, 0.3) is 0 Å². The fraction of sp³-hybridized carbons (Fsp3) is 0.200. The van der Waals surface area contributed by atoms with Crippen molar-refractivity contribution in [3.8, 4) is 22.6 Å².